The Morgan fingerprint density at radius 1 is 0.533 bits per heavy atom. The molecule has 0 saturated carbocycles. The summed E-state index contributed by atoms with van der Waals surface area (Å²) in [7, 11) is 0. The van der Waals surface area contributed by atoms with E-state index in [1.54, 1.807) is 23.3 Å². The summed E-state index contributed by atoms with van der Waals surface area (Å²) in [5, 5.41) is 5.37. The monoisotopic (exact) mass is 718 g/mol. The van der Waals surface area contributed by atoms with Crippen LogP contribution in [0.25, 0.3) is 43.8 Å². The van der Waals surface area contributed by atoms with E-state index in [-0.39, 0.29) is 30.2 Å². The summed E-state index contributed by atoms with van der Waals surface area (Å²) in [6.07, 6.45) is 0. The van der Waals surface area contributed by atoms with Crippen LogP contribution in [0.2, 0.25) is 6.55 Å². The molecule has 1 atom stereocenters. The second-order valence-electron chi connectivity index (χ2n) is 11.2. The largest absolute Gasteiger partial charge is 1.00 e. The molecule has 0 nitrogen and oxygen atoms in total. The van der Waals surface area contributed by atoms with Crippen molar-refractivity contribution in [3.63, 3.8) is 0 Å². The summed E-state index contributed by atoms with van der Waals surface area (Å²) < 4.78 is 0. The van der Waals surface area contributed by atoms with Crippen molar-refractivity contribution in [1.82, 2.24) is 0 Å². The molecule has 7 rings (SSSR count). The summed E-state index contributed by atoms with van der Waals surface area (Å²) in [5.41, 5.74) is 10.2. The van der Waals surface area contributed by atoms with Crippen LogP contribution < -0.4 is 24.8 Å². The van der Waals surface area contributed by atoms with Gasteiger partial charge in [0, 0.05) is 0 Å². The van der Waals surface area contributed by atoms with Crippen molar-refractivity contribution in [1.29, 1.82) is 0 Å². The molecule has 0 aliphatic rings. The maximum atomic E-state index is 2.40. The number of hydrogen-bond donors (Lipinski definition) is 0. The molecule has 1 unspecified atom stereocenters. The summed E-state index contributed by atoms with van der Waals surface area (Å²) in [5.74, 6) is 0. The van der Waals surface area contributed by atoms with Gasteiger partial charge in [-0.25, -0.2) is 0 Å². The zero-order valence-electron chi connectivity index (χ0n) is 26.3. The van der Waals surface area contributed by atoms with Crippen molar-refractivity contribution in [2.24, 2.45) is 0 Å². The quantitative estimate of drug-likeness (QED) is 0.165. The molecule has 0 N–H and O–H groups in total. The van der Waals surface area contributed by atoms with Crippen LogP contribution in [0.3, 0.4) is 0 Å². The summed E-state index contributed by atoms with van der Waals surface area (Å²) in [6.45, 7) is 9.04. The van der Waals surface area contributed by atoms with Crippen molar-refractivity contribution in [2.45, 2.75) is 32.9 Å². The minimum absolute atomic E-state index is 0. The van der Waals surface area contributed by atoms with Crippen LogP contribution in [0.5, 0.6) is 0 Å². The van der Waals surface area contributed by atoms with Gasteiger partial charge >= 0.3 is 83.7 Å². The van der Waals surface area contributed by atoms with Crippen LogP contribution in [0.1, 0.15) is 29.2 Å². The van der Waals surface area contributed by atoms with E-state index < -0.39 is 0 Å². The van der Waals surface area contributed by atoms with E-state index in [1.165, 1.54) is 60.5 Å². The fourth-order valence-electron chi connectivity index (χ4n) is 5.50. The molecular formula is C41H38Cl2SiZr-2. The molecule has 0 aliphatic carbocycles. The predicted octanol–water partition coefficient (Wildman–Crippen LogP) is 5.57. The van der Waals surface area contributed by atoms with Crippen LogP contribution in [-0.2, 0) is 23.3 Å². The minimum Gasteiger partial charge on any atom is -1.00 e. The molecule has 7 aromatic rings. The van der Waals surface area contributed by atoms with Gasteiger partial charge in [0.2, 0.25) is 0 Å². The Labute approximate surface area is 296 Å². The number of rotatable bonds is 4. The molecule has 45 heavy (non-hydrogen) atoms. The first-order valence-electron chi connectivity index (χ1n) is 14.9. The first-order valence-corrected chi connectivity index (χ1v) is 20.7. The topological polar surface area (TPSA) is 0 Å². The second-order valence-corrected chi connectivity index (χ2v) is 19.3. The molecule has 0 amide bonds. The van der Waals surface area contributed by atoms with E-state index in [0.29, 0.717) is 0 Å². The molecule has 0 radical (unpaired) electrons. The van der Waals surface area contributed by atoms with E-state index >= 15 is 0 Å². The van der Waals surface area contributed by atoms with Gasteiger partial charge in [0.1, 0.15) is 0 Å². The van der Waals surface area contributed by atoms with Crippen molar-refractivity contribution in [2.75, 3.05) is 0 Å². The van der Waals surface area contributed by atoms with Gasteiger partial charge in [-0.15, -0.1) is 69.1 Å². The van der Waals surface area contributed by atoms with E-state index in [1.807, 2.05) is 0 Å². The van der Waals surface area contributed by atoms with E-state index in [2.05, 4.69) is 179 Å². The average Bonchev–Trinajstić information content (AvgIpc) is 3.63. The van der Waals surface area contributed by atoms with E-state index in [4.69, 9.17) is 0 Å². The Kier molecular flexibility index (Phi) is 14.3. The van der Waals surface area contributed by atoms with Gasteiger partial charge in [0.25, 0.3) is 0 Å². The molecule has 226 valence electrons. The van der Waals surface area contributed by atoms with Gasteiger partial charge in [-0.3, -0.25) is 0 Å². The third kappa shape index (κ3) is 9.50. The number of halogens is 2. The first-order chi connectivity index (χ1) is 20.9. The zero-order valence-corrected chi connectivity index (χ0v) is 31.2. The van der Waals surface area contributed by atoms with Crippen LogP contribution in [0, 0.1) is 13.8 Å². The molecule has 0 aromatic heterocycles. The van der Waals surface area contributed by atoms with Gasteiger partial charge in [-0.2, -0.15) is 12.1 Å². The van der Waals surface area contributed by atoms with Gasteiger partial charge in [-0.1, -0.05) is 97.8 Å². The molecule has 0 aliphatic heterocycles. The zero-order chi connectivity index (χ0) is 30.2. The maximum absolute atomic E-state index is 2.40. The molecule has 0 saturated heterocycles. The second kappa shape index (κ2) is 17.6. The van der Waals surface area contributed by atoms with Crippen molar-refractivity contribution in [3.05, 3.63) is 168 Å². The summed E-state index contributed by atoms with van der Waals surface area (Å²) in [6, 6.07) is 53.9. The average molecular weight is 721 g/mol. The van der Waals surface area contributed by atoms with Crippen LogP contribution >= 0.6 is 0 Å². The Bertz CT molecular complexity index is 1810. The number of hydrogen-bond acceptors (Lipinski definition) is 0. The summed E-state index contributed by atoms with van der Waals surface area (Å²) >= 11 is 1.73. The van der Waals surface area contributed by atoms with Crippen LogP contribution in [-0.4, -0.2) is 5.43 Å². The van der Waals surface area contributed by atoms with E-state index in [0.717, 1.165) is 5.54 Å². The standard InChI is InChI=1S/2C16H13.C9H12Si.2ClH.Zr/c2*1-12-10-14-8-5-9-15(16(14)11-12)13-6-3-2-4-7-13;1-8(10-2)9-6-4-3-5-7-9;;;/h2*2-11H,1H3;3-8H,1-2H3;2*1H;/q2*-1;;;;+2/p-2. The Morgan fingerprint density at radius 2 is 0.911 bits per heavy atom. The number of fused-ring (bicyclic) bond motifs is 2. The third-order valence-electron chi connectivity index (χ3n) is 7.91. The fraction of sp³-hybridized carbons (Fsp3) is 0.122. The molecule has 0 fully saturated rings. The Morgan fingerprint density at radius 3 is 1.29 bits per heavy atom. The number of aryl methyl sites for hydroxylation is 2. The van der Waals surface area contributed by atoms with Crippen molar-refractivity contribution >= 4 is 27.0 Å². The third-order valence-corrected chi connectivity index (χ3v) is 12.7. The van der Waals surface area contributed by atoms with Gasteiger partial charge in [-0.05, 0) is 11.1 Å². The van der Waals surface area contributed by atoms with Crippen LogP contribution in [0.4, 0.5) is 0 Å². The molecular weight excluding hydrogens is 683 g/mol. The fourth-order valence-corrected chi connectivity index (χ4v) is 7.42. The van der Waals surface area contributed by atoms with Gasteiger partial charge in [0.05, 0.1) is 0 Å². The summed E-state index contributed by atoms with van der Waals surface area (Å²) in [4.78, 5) is 0. The molecule has 4 heteroatoms. The maximum Gasteiger partial charge on any atom is -0.0279 e. The molecule has 0 bridgehead atoms. The van der Waals surface area contributed by atoms with E-state index in [9.17, 15) is 0 Å². The van der Waals surface area contributed by atoms with Crippen molar-refractivity contribution in [3.8, 4) is 22.3 Å². The van der Waals surface area contributed by atoms with Gasteiger partial charge in [0.15, 0.2) is 0 Å². The Balaban J connectivity index is 0.000000184. The smallest absolute Gasteiger partial charge is 0.0279 e. The SMILES string of the molecule is CC(c1ccccc1)[Si](C)=[Zr+2].Cc1cc2c(-c3ccccc3)cccc2[cH-]1.Cc1cc2c(-c3ccccc3)cccc2[cH-]1.[Cl-].[Cl-]. The number of benzene rings is 5. The minimum atomic E-state index is -0.0746. The normalized spacial score (nSPS) is 10.8. The molecule has 0 heterocycles. The first kappa shape index (κ1) is 36.5. The molecule has 0 spiro atoms. The van der Waals surface area contributed by atoms with Crippen LogP contribution in [0.15, 0.2) is 152 Å². The predicted molar refractivity (Wildman–Crippen MR) is 186 cm³/mol. The molecule has 7 aromatic carbocycles. The van der Waals surface area contributed by atoms with Gasteiger partial charge < -0.3 is 24.8 Å². The van der Waals surface area contributed by atoms with Crippen molar-refractivity contribution < 1.29 is 48.1 Å². The Hall–Kier alpha value is -3.00.